The van der Waals surface area contributed by atoms with Crippen LogP contribution in [0.2, 0.25) is 0 Å². The summed E-state index contributed by atoms with van der Waals surface area (Å²) >= 11 is 1.55. The summed E-state index contributed by atoms with van der Waals surface area (Å²) in [6.45, 7) is 4.43. The number of carbonyl (C=O) groups excluding carboxylic acids is 2. The van der Waals surface area contributed by atoms with Gasteiger partial charge in [0.2, 0.25) is 0 Å². The lowest BCUT2D eigenvalue weighted by molar-refractivity contribution is -0.117. The molecule has 0 atom stereocenters. The number of hydrogen-bond acceptors (Lipinski definition) is 4. The third-order valence-corrected chi connectivity index (χ3v) is 4.00. The molecule has 1 aromatic heterocycles. The average molecular weight is 330 g/mol. The number of aryl methyl sites for hydroxylation is 1. The van der Waals surface area contributed by atoms with E-state index >= 15 is 0 Å². The second kappa shape index (κ2) is 8.14. The van der Waals surface area contributed by atoms with Gasteiger partial charge in [-0.05, 0) is 61.2 Å². The van der Waals surface area contributed by atoms with Gasteiger partial charge in [-0.3, -0.25) is 20.4 Å². The van der Waals surface area contributed by atoms with E-state index in [0.29, 0.717) is 17.9 Å². The predicted octanol–water partition coefficient (Wildman–Crippen LogP) is 2.93. The molecule has 1 heterocycles. The molecule has 0 spiro atoms. The van der Waals surface area contributed by atoms with Crippen molar-refractivity contribution in [3.8, 4) is 5.75 Å². The van der Waals surface area contributed by atoms with Crippen LogP contribution in [0.15, 0.2) is 41.8 Å². The first-order valence-corrected chi connectivity index (χ1v) is 8.03. The van der Waals surface area contributed by atoms with E-state index in [1.807, 2.05) is 25.3 Å². The summed E-state index contributed by atoms with van der Waals surface area (Å²) in [6, 6.07) is 8.67. The third kappa shape index (κ3) is 4.96. The molecular formula is C17H18N2O3S. The highest BCUT2D eigenvalue weighted by Crippen LogP contribution is 2.16. The van der Waals surface area contributed by atoms with Crippen molar-refractivity contribution in [1.82, 2.24) is 10.9 Å². The van der Waals surface area contributed by atoms with Crippen molar-refractivity contribution >= 4 is 29.2 Å². The van der Waals surface area contributed by atoms with Gasteiger partial charge in [0.15, 0.2) is 0 Å². The van der Waals surface area contributed by atoms with Crippen LogP contribution in [-0.4, -0.2) is 18.4 Å². The van der Waals surface area contributed by atoms with Crippen LogP contribution in [0, 0.1) is 6.92 Å². The maximum Gasteiger partial charge on any atom is 0.269 e. The minimum Gasteiger partial charge on any atom is -0.494 e. The molecule has 0 aliphatic rings. The SMILES string of the molecule is CCOc1ccc(C(=O)NNC(=O)/C=C/c2sccc2C)cc1. The number of hydrazine groups is 1. The van der Waals surface area contributed by atoms with Crippen LogP contribution in [0.1, 0.15) is 27.7 Å². The molecular weight excluding hydrogens is 312 g/mol. The summed E-state index contributed by atoms with van der Waals surface area (Å²) < 4.78 is 5.31. The Kier molecular flexibility index (Phi) is 5.94. The highest BCUT2D eigenvalue weighted by atomic mass is 32.1. The topological polar surface area (TPSA) is 67.4 Å². The van der Waals surface area contributed by atoms with E-state index in [1.54, 1.807) is 41.7 Å². The van der Waals surface area contributed by atoms with E-state index in [4.69, 9.17) is 4.74 Å². The molecule has 0 bridgehead atoms. The fourth-order valence-electron chi connectivity index (χ4n) is 1.81. The van der Waals surface area contributed by atoms with Gasteiger partial charge in [0.1, 0.15) is 5.75 Å². The van der Waals surface area contributed by atoms with Crippen LogP contribution in [0.5, 0.6) is 5.75 Å². The van der Waals surface area contributed by atoms with Crippen molar-refractivity contribution in [2.45, 2.75) is 13.8 Å². The van der Waals surface area contributed by atoms with E-state index in [0.717, 1.165) is 10.4 Å². The molecule has 1 aromatic carbocycles. The van der Waals surface area contributed by atoms with Crippen molar-refractivity contribution in [3.63, 3.8) is 0 Å². The van der Waals surface area contributed by atoms with Gasteiger partial charge in [0.25, 0.3) is 11.8 Å². The number of hydrogen-bond donors (Lipinski definition) is 2. The van der Waals surface area contributed by atoms with E-state index in [2.05, 4.69) is 10.9 Å². The summed E-state index contributed by atoms with van der Waals surface area (Å²) in [5.41, 5.74) is 6.26. The Morgan fingerprint density at radius 3 is 2.52 bits per heavy atom. The number of rotatable bonds is 5. The van der Waals surface area contributed by atoms with E-state index < -0.39 is 5.91 Å². The minimum absolute atomic E-state index is 0.387. The van der Waals surface area contributed by atoms with Crippen LogP contribution >= 0.6 is 11.3 Å². The Bertz CT molecular complexity index is 705. The summed E-state index contributed by atoms with van der Waals surface area (Å²) in [5, 5.41) is 1.96. The molecule has 23 heavy (non-hydrogen) atoms. The Hall–Kier alpha value is -2.60. The summed E-state index contributed by atoms with van der Waals surface area (Å²) in [5.74, 6) is -0.0819. The van der Waals surface area contributed by atoms with Gasteiger partial charge in [-0.15, -0.1) is 11.3 Å². The van der Waals surface area contributed by atoms with Gasteiger partial charge < -0.3 is 4.74 Å². The highest BCUT2D eigenvalue weighted by molar-refractivity contribution is 7.11. The van der Waals surface area contributed by atoms with Gasteiger partial charge in [-0.2, -0.15) is 0 Å². The first kappa shape index (κ1) is 16.8. The summed E-state index contributed by atoms with van der Waals surface area (Å²) in [6.07, 6.45) is 3.11. The van der Waals surface area contributed by atoms with Gasteiger partial charge >= 0.3 is 0 Å². The van der Waals surface area contributed by atoms with E-state index in [9.17, 15) is 9.59 Å². The number of benzene rings is 1. The van der Waals surface area contributed by atoms with Gasteiger partial charge in [-0.25, -0.2) is 0 Å². The second-order valence-electron chi connectivity index (χ2n) is 4.70. The summed E-state index contributed by atoms with van der Waals surface area (Å²) in [7, 11) is 0. The molecule has 0 aliphatic carbocycles. The van der Waals surface area contributed by atoms with Crippen LogP contribution in [0.3, 0.4) is 0 Å². The largest absolute Gasteiger partial charge is 0.494 e. The maximum atomic E-state index is 11.9. The second-order valence-corrected chi connectivity index (χ2v) is 5.65. The molecule has 5 nitrogen and oxygen atoms in total. The number of thiophene rings is 1. The van der Waals surface area contributed by atoms with Crippen molar-refractivity contribution in [3.05, 3.63) is 57.8 Å². The van der Waals surface area contributed by atoms with E-state index in [-0.39, 0.29) is 5.91 Å². The lowest BCUT2D eigenvalue weighted by Crippen LogP contribution is -2.40. The zero-order valence-corrected chi connectivity index (χ0v) is 13.8. The molecule has 2 rings (SSSR count). The van der Waals surface area contributed by atoms with Crippen LogP contribution < -0.4 is 15.6 Å². The lowest BCUT2D eigenvalue weighted by Gasteiger charge is -2.06. The molecule has 0 fully saturated rings. The van der Waals surface area contributed by atoms with Crippen LogP contribution in [-0.2, 0) is 4.79 Å². The minimum atomic E-state index is -0.392. The van der Waals surface area contributed by atoms with E-state index in [1.165, 1.54) is 6.08 Å². The smallest absolute Gasteiger partial charge is 0.269 e. The third-order valence-electron chi connectivity index (χ3n) is 3.01. The number of amides is 2. The molecule has 2 amide bonds. The zero-order chi connectivity index (χ0) is 16.7. The standard InChI is InChI=1S/C17H18N2O3S/c1-3-22-14-6-4-13(5-7-14)17(21)19-18-16(20)9-8-15-12(2)10-11-23-15/h4-11H,3H2,1-2H3,(H,18,20)(H,19,21)/b9-8+. The molecule has 0 saturated carbocycles. The summed E-state index contributed by atoms with van der Waals surface area (Å²) in [4.78, 5) is 24.6. The van der Waals surface area contributed by atoms with Gasteiger partial charge in [0, 0.05) is 16.5 Å². The molecule has 0 saturated heterocycles. The van der Waals surface area contributed by atoms with Crippen LogP contribution in [0.4, 0.5) is 0 Å². The fraction of sp³-hybridized carbons (Fsp3) is 0.176. The van der Waals surface area contributed by atoms with Crippen LogP contribution in [0.25, 0.3) is 6.08 Å². The first-order chi connectivity index (χ1) is 11.1. The number of nitrogens with one attached hydrogen (secondary N) is 2. The lowest BCUT2D eigenvalue weighted by atomic mass is 10.2. The highest BCUT2D eigenvalue weighted by Gasteiger charge is 2.06. The zero-order valence-electron chi connectivity index (χ0n) is 13.0. The predicted molar refractivity (Wildman–Crippen MR) is 91.3 cm³/mol. The molecule has 6 heteroatoms. The molecule has 2 aromatic rings. The Balaban J connectivity index is 1.85. The molecule has 2 N–H and O–H groups in total. The molecule has 0 radical (unpaired) electrons. The van der Waals surface area contributed by atoms with Gasteiger partial charge in [0.05, 0.1) is 6.61 Å². The first-order valence-electron chi connectivity index (χ1n) is 7.15. The molecule has 0 unspecified atom stereocenters. The number of ether oxygens (including phenoxy) is 1. The fourth-order valence-corrected chi connectivity index (χ4v) is 2.63. The maximum absolute atomic E-state index is 11.9. The monoisotopic (exact) mass is 330 g/mol. The number of carbonyl (C=O) groups is 2. The van der Waals surface area contributed by atoms with Crippen molar-refractivity contribution in [2.24, 2.45) is 0 Å². The molecule has 120 valence electrons. The van der Waals surface area contributed by atoms with Crippen molar-refractivity contribution in [2.75, 3.05) is 6.61 Å². The normalized spacial score (nSPS) is 10.5. The van der Waals surface area contributed by atoms with Crippen molar-refractivity contribution < 1.29 is 14.3 Å². The molecule has 0 aliphatic heterocycles. The Morgan fingerprint density at radius 2 is 1.91 bits per heavy atom. The van der Waals surface area contributed by atoms with Gasteiger partial charge in [-0.1, -0.05) is 0 Å². The Morgan fingerprint density at radius 1 is 1.17 bits per heavy atom. The Labute approximate surface area is 139 Å². The van der Waals surface area contributed by atoms with Crippen molar-refractivity contribution in [1.29, 1.82) is 0 Å². The quantitative estimate of drug-likeness (QED) is 0.654. The average Bonchev–Trinajstić information content (AvgIpc) is 2.97.